The maximum absolute atomic E-state index is 12.6. The van der Waals surface area contributed by atoms with Gasteiger partial charge in [-0.1, -0.05) is 15.9 Å². The van der Waals surface area contributed by atoms with E-state index >= 15 is 0 Å². The molecule has 0 radical (unpaired) electrons. The molecule has 1 atom stereocenters. The van der Waals surface area contributed by atoms with Crippen molar-refractivity contribution in [3.05, 3.63) is 52.5 Å². The zero-order valence-electron chi connectivity index (χ0n) is 14.1. The number of halogens is 1. The van der Waals surface area contributed by atoms with Gasteiger partial charge in [-0.05, 0) is 61.4 Å². The van der Waals surface area contributed by atoms with Gasteiger partial charge in [-0.2, -0.15) is 0 Å². The molecule has 2 aromatic rings. The Morgan fingerprint density at radius 2 is 1.92 bits per heavy atom. The van der Waals surface area contributed by atoms with E-state index in [1.165, 1.54) is 0 Å². The number of nitrogens with one attached hydrogen (secondary N) is 1. The normalized spacial score (nSPS) is 14.7. The van der Waals surface area contributed by atoms with E-state index < -0.39 is 6.04 Å². The first-order valence-corrected chi connectivity index (χ1v) is 8.84. The van der Waals surface area contributed by atoms with Crippen molar-refractivity contribution in [1.82, 2.24) is 0 Å². The number of rotatable bonds is 4. The van der Waals surface area contributed by atoms with Crippen molar-refractivity contribution in [2.45, 2.75) is 25.8 Å². The zero-order valence-corrected chi connectivity index (χ0v) is 15.7. The highest BCUT2D eigenvalue weighted by Gasteiger charge is 2.31. The Kier molecular flexibility index (Phi) is 5.08. The monoisotopic (exact) mass is 402 g/mol. The maximum Gasteiger partial charge on any atom is 0.247 e. The number of anilines is 2. The molecule has 5 nitrogen and oxygen atoms in total. The number of ether oxygens (including phenoxy) is 1. The first kappa shape index (κ1) is 17.5. The van der Waals surface area contributed by atoms with E-state index in [1.807, 2.05) is 18.2 Å². The van der Waals surface area contributed by atoms with Crippen molar-refractivity contribution in [1.29, 1.82) is 0 Å². The van der Waals surface area contributed by atoms with Crippen LogP contribution < -0.4 is 15.0 Å². The average Bonchev–Trinajstić information content (AvgIpc) is 2.62. The lowest BCUT2D eigenvalue weighted by atomic mass is 9.99. The summed E-state index contributed by atoms with van der Waals surface area (Å²) in [7, 11) is 1.59. The minimum Gasteiger partial charge on any atom is -0.497 e. The van der Waals surface area contributed by atoms with Gasteiger partial charge in [-0.3, -0.25) is 14.5 Å². The second-order valence-corrected chi connectivity index (χ2v) is 6.85. The third kappa shape index (κ3) is 3.69. The molecule has 2 amide bonds. The molecule has 1 aliphatic rings. The van der Waals surface area contributed by atoms with Crippen molar-refractivity contribution < 1.29 is 14.3 Å². The molecule has 6 heteroatoms. The number of methoxy groups -OCH3 is 1. The third-order valence-corrected chi connectivity index (χ3v) is 4.80. The highest BCUT2D eigenvalue weighted by Crippen LogP contribution is 2.32. The predicted molar refractivity (Wildman–Crippen MR) is 101 cm³/mol. The van der Waals surface area contributed by atoms with Crippen molar-refractivity contribution >= 4 is 39.1 Å². The largest absolute Gasteiger partial charge is 0.497 e. The highest BCUT2D eigenvalue weighted by atomic mass is 79.9. The minimum absolute atomic E-state index is 0.0350. The number of carbonyl (C=O) groups excluding carboxylic acids is 2. The molecule has 130 valence electrons. The molecule has 0 saturated carbocycles. The topological polar surface area (TPSA) is 58.6 Å². The number of hydrogen-bond donors (Lipinski definition) is 1. The summed E-state index contributed by atoms with van der Waals surface area (Å²) >= 11 is 3.45. The SMILES string of the molecule is COc1ccc(NC(=O)C(C)N2C(=O)CCc3cc(Br)ccc32)cc1. The van der Waals surface area contributed by atoms with Crippen LogP contribution in [0.5, 0.6) is 5.75 Å². The molecule has 0 fully saturated rings. The fraction of sp³-hybridized carbons (Fsp3) is 0.263. The van der Waals surface area contributed by atoms with E-state index in [4.69, 9.17) is 4.74 Å². The van der Waals surface area contributed by atoms with Crippen LogP contribution in [-0.4, -0.2) is 25.0 Å². The standard InChI is InChI=1S/C19H19BrN2O3/c1-12(19(24)21-15-5-7-16(25-2)8-6-15)22-17-9-4-14(20)11-13(17)3-10-18(22)23/h4-9,11-12H,3,10H2,1-2H3,(H,21,24). The average molecular weight is 403 g/mol. The van der Waals surface area contributed by atoms with Crippen LogP contribution in [0.1, 0.15) is 18.9 Å². The summed E-state index contributed by atoms with van der Waals surface area (Å²) in [6, 6.07) is 12.3. The Morgan fingerprint density at radius 1 is 1.20 bits per heavy atom. The first-order chi connectivity index (χ1) is 12.0. The Labute approximate surface area is 155 Å². The van der Waals surface area contributed by atoms with Crippen LogP contribution in [0.4, 0.5) is 11.4 Å². The molecule has 1 heterocycles. The summed E-state index contributed by atoms with van der Waals surface area (Å²) in [4.78, 5) is 26.7. The number of aryl methyl sites for hydroxylation is 1. The number of carbonyl (C=O) groups is 2. The van der Waals surface area contributed by atoms with Crippen molar-refractivity contribution in [3.8, 4) is 5.75 Å². The summed E-state index contributed by atoms with van der Waals surface area (Å²) in [5.74, 6) is 0.457. The van der Waals surface area contributed by atoms with Gasteiger partial charge in [0.05, 0.1) is 7.11 Å². The number of benzene rings is 2. The Morgan fingerprint density at radius 3 is 2.60 bits per heavy atom. The predicted octanol–water partition coefficient (Wildman–Crippen LogP) is 3.76. The van der Waals surface area contributed by atoms with E-state index in [0.717, 1.165) is 21.5 Å². The summed E-state index contributed by atoms with van der Waals surface area (Å²) in [5.41, 5.74) is 2.54. The van der Waals surface area contributed by atoms with Gasteiger partial charge >= 0.3 is 0 Å². The van der Waals surface area contributed by atoms with Crippen LogP contribution in [0, 0.1) is 0 Å². The van der Waals surface area contributed by atoms with Gasteiger partial charge in [0, 0.05) is 22.3 Å². The first-order valence-electron chi connectivity index (χ1n) is 8.05. The molecule has 1 aliphatic heterocycles. The summed E-state index contributed by atoms with van der Waals surface area (Å²) < 4.78 is 6.08. The van der Waals surface area contributed by atoms with E-state index in [-0.39, 0.29) is 11.8 Å². The molecule has 0 bridgehead atoms. The van der Waals surface area contributed by atoms with E-state index in [1.54, 1.807) is 43.2 Å². The van der Waals surface area contributed by atoms with E-state index in [9.17, 15) is 9.59 Å². The number of fused-ring (bicyclic) bond motifs is 1. The Bertz CT molecular complexity index is 805. The smallest absolute Gasteiger partial charge is 0.247 e. The van der Waals surface area contributed by atoms with Crippen LogP contribution in [0.2, 0.25) is 0 Å². The number of hydrogen-bond acceptors (Lipinski definition) is 3. The molecule has 3 rings (SSSR count). The van der Waals surface area contributed by atoms with E-state index in [0.29, 0.717) is 18.5 Å². The van der Waals surface area contributed by atoms with Crippen LogP contribution >= 0.6 is 15.9 Å². The Hall–Kier alpha value is -2.34. The van der Waals surface area contributed by atoms with Crippen molar-refractivity contribution in [2.24, 2.45) is 0 Å². The lowest BCUT2D eigenvalue weighted by Gasteiger charge is -2.33. The fourth-order valence-corrected chi connectivity index (χ4v) is 3.36. The van der Waals surface area contributed by atoms with Crippen molar-refractivity contribution in [2.75, 3.05) is 17.3 Å². The van der Waals surface area contributed by atoms with Gasteiger partial charge < -0.3 is 10.1 Å². The fourth-order valence-electron chi connectivity index (χ4n) is 2.95. The molecule has 0 saturated heterocycles. The lowest BCUT2D eigenvalue weighted by Crippen LogP contribution is -2.47. The number of nitrogens with zero attached hydrogens (tertiary/aromatic N) is 1. The van der Waals surface area contributed by atoms with Crippen LogP contribution in [-0.2, 0) is 16.0 Å². The molecular formula is C19H19BrN2O3. The highest BCUT2D eigenvalue weighted by molar-refractivity contribution is 9.10. The minimum atomic E-state index is -0.602. The third-order valence-electron chi connectivity index (χ3n) is 4.30. The summed E-state index contributed by atoms with van der Waals surface area (Å²) in [5, 5.41) is 2.86. The van der Waals surface area contributed by atoms with Gasteiger partial charge in [-0.25, -0.2) is 0 Å². The molecule has 0 aromatic heterocycles. The molecule has 1 unspecified atom stereocenters. The molecule has 25 heavy (non-hydrogen) atoms. The molecule has 2 aromatic carbocycles. The second kappa shape index (κ2) is 7.27. The van der Waals surface area contributed by atoms with Gasteiger partial charge in [0.2, 0.25) is 11.8 Å². The van der Waals surface area contributed by atoms with Crippen LogP contribution in [0.15, 0.2) is 46.9 Å². The summed E-state index contributed by atoms with van der Waals surface area (Å²) in [6.45, 7) is 1.74. The zero-order chi connectivity index (χ0) is 18.0. The van der Waals surface area contributed by atoms with E-state index in [2.05, 4.69) is 21.2 Å². The molecule has 0 aliphatic carbocycles. The van der Waals surface area contributed by atoms with Crippen LogP contribution in [0.3, 0.4) is 0 Å². The Balaban J connectivity index is 1.80. The lowest BCUT2D eigenvalue weighted by molar-refractivity contribution is -0.123. The summed E-state index contributed by atoms with van der Waals surface area (Å²) in [6.07, 6.45) is 1.10. The van der Waals surface area contributed by atoms with Crippen molar-refractivity contribution in [3.63, 3.8) is 0 Å². The maximum atomic E-state index is 12.6. The molecule has 1 N–H and O–H groups in total. The second-order valence-electron chi connectivity index (χ2n) is 5.93. The van der Waals surface area contributed by atoms with Gasteiger partial charge in [-0.15, -0.1) is 0 Å². The van der Waals surface area contributed by atoms with Gasteiger partial charge in [0.15, 0.2) is 0 Å². The number of amides is 2. The van der Waals surface area contributed by atoms with Crippen LogP contribution in [0.25, 0.3) is 0 Å². The molecule has 0 spiro atoms. The van der Waals surface area contributed by atoms with Gasteiger partial charge in [0.1, 0.15) is 11.8 Å². The molecular weight excluding hydrogens is 384 g/mol. The van der Waals surface area contributed by atoms with Gasteiger partial charge in [0.25, 0.3) is 0 Å². The quantitative estimate of drug-likeness (QED) is 0.846.